The fourth-order valence-corrected chi connectivity index (χ4v) is 3.04. The molecule has 0 spiro atoms. The Bertz CT molecular complexity index is 827. The molecule has 1 saturated heterocycles. The Hall–Kier alpha value is -2.02. The van der Waals surface area contributed by atoms with E-state index in [4.69, 9.17) is 16.3 Å². The predicted octanol–water partition coefficient (Wildman–Crippen LogP) is 2.34. The fraction of sp³-hybridized carbons (Fsp3) is 0.353. The quantitative estimate of drug-likeness (QED) is 0.681. The number of morpholine rings is 1. The van der Waals surface area contributed by atoms with Crippen LogP contribution in [-0.2, 0) is 11.2 Å². The van der Waals surface area contributed by atoms with E-state index in [0.717, 1.165) is 56.1 Å². The molecule has 3 heterocycles. The van der Waals surface area contributed by atoms with E-state index in [0.29, 0.717) is 0 Å². The van der Waals surface area contributed by atoms with Gasteiger partial charge in [-0.1, -0.05) is 12.1 Å². The van der Waals surface area contributed by atoms with Crippen molar-refractivity contribution in [3.63, 3.8) is 0 Å². The van der Waals surface area contributed by atoms with E-state index in [9.17, 15) is 0 Å². The highest BCUT2D eigenvalue weighted by Crippen LogP contribution is 2.18. The lowest BCUT2D eigenvalue weighted by molar-refractivity contribution is 0.0384. The van der Waals surface area contributed by atoms with Crippen LogP contribution in [0.25, 0.3) is 16.9 Å². The number of ether oxygens (including phenoxy) is 1. The maximum Gasteiger partial charge on any atom is 0.224 e. The Kier molecular flexibility index (Phi) is 4.42. The summed E-state index contributed by atoms with van der Waals surface area (Å²) in [7, 11) is 0. The third-order valence-corrected chi connectivity index (χ3v) is 4.48. The first-order valence-corrected chi connectivity index (χ1v) is 8.42. The van der Waals surface area contributed by atoms with Crippen LogP contribution < -0.4 is 0 Å². The zero-order valence-electron chi connectivity index (χ0n) is 13.2. The second kappa shape index (κ2) is 6.84. The number of nitrogens with zero attached hydrogens (tertiary/aromatic N) is 5. The van der Waals surface area contributed by atoms with Crippen LogP contribution in [0.2, 0.25) is 5.28 Å². The van der Waals surface area contributed by atoms with Gasteiger partial charge in [-0.05, 0) is 35.7 Å². The molecular formula is C17H18ClN5O. The average Bonchev–Trinajstić information content (AvgIpc) is 3.04. The Morgan fingerprint density at radius 3 is 2.67 bits per heavy atom. The number of halogens is 1. The van der Waals surface area contributed by atoms with Crippen molar-refractivity contribution >= 4 is 22.8 Å². The highest BCUT2D eigenvalue weighted by molar-refractivity contribution is 6.28. The molecule has 1 fully saturated rings. The molecule has 0 bridgehead atoms. The van der Waals surface area contributed by atoms with Crippen molar-refractivity contribution < 1.29 is 4.74 Å². The first-order valence-electron chi connectivity index (χ1n) is 8.04. The molecule has 0 unspecified atom stereocenters. The maximum atomic E-state index is 5.90. The predicted molar refractivity (Wildman–Crippen MR) is 92.6 cm³/mol. The maximum absolute atomic E-state index is 5.90. The van der Waals surface area contributed by atoms with E-state index in [1.165, 1.54) is 5.56 Å². The Balaban J connectivity index is 1.49. The molecule has 1 aliphatic heterocycles. The molecule has 0 saturated carbocycles. The molecule has 124 valence electrons. The van der Waals surface area contributed by atoms with Gasteiger partial charge < -0.3 is 4.74 Å². The van der Waals surface area contributed by atoms with Gasteiger partial charge in [-0.25, -0.2) is 9.97 Å². The van der Waals surface area contributed by atoms with Crippen LogP contribution in [0.4, 0.5) is 0 Å². The van der Waals surface area contributed by atoms with E-state index in [1.807, 2.05) is 4.57 Å². The summed E-state index contributed by atoms with van der Waals surface area (Å²) in [4.78, 5) is 15.0. The second-order valence-corrected chi connectivity index (χ2v) is 6.17. The number of hydrogen-bond acceptors (Lipinski definition) is 5. The first-order chi connectivity index (χ1) is 11.8. The van der Waals surface area contributed by atoms with E-state index in [-0.39, 0.29) is 5.28 Å². The summed E-state index contributed by atoms with van der Waals surface area (Å²) < 4.78 is 7.31. The van der Waals surface area contributed by atoms with Crippen molar-refractivity contribution in [2.75, 3.05) is 32.8 Å². The van der Waals surface area contributed by atoms with Gasteiger partial charge in [0.15, 0.2) is 5.65 Å². The van der Waals surface area contributed by atoms with Gasteiger partial charge >= 0.3 is 0 Å². The average molecular weight is 344 g/mol. The van der Waals surface area contributed by atoms with Gasteiger partial charge in [0, 0.05) is 25.3 Å². The topological polar surface area (TPSA) is 56.1 Å². The molecule has 7 heteroatoms. The summed E-state index contributed by atoms with van der Waals surface area (Å²) in [6, 6.07) is 8.49. The monoisotopic (exact) mass is 343 g/mol. The fourth-order valence-electron chi connectivity index (χ4n) is 2.91. The molecule has 24 heavy (non-hydrogen) atoms. The first kappa shape index (κ1) is 15.5. The number of imidazole rings is 1. The van der Waals surface area contributed by atoms with Crippen molar-refractivity contribution in [2.45, 2.75) is 6.42 Å². The lowest BCUT2D eigenvalue weighted by Gasteiger charge is -2.26. The highest BCUT2D eigenvalue weighted by atomic mass is 35.5. The minimum Gasteiger partial charge on any atom is -0.379 e. The van der Waals surface area contributed by atoms with Crippen molar-refractivity contribution in [2.24, 2.45) is 0 Å². The minimum absolute atomic E-state index is 0.228. The third kappa shape index (κ3) is 3.26. The normalized spacial score (nSPS) is 15.9. The number of aromatic nitrogens is 4. The zero-order chi connectivity index (χ0) is 16.4. The van der Waals surface area contributed by atoms with E-state index in [1.54, 1.807) is 12.5 Å². The molecule has 0 atom stereocenters. The summed E-state index contributed by atoms with van der Waals surface area (Å²) in [6.07, 6.45) is 4.43. The highest BCUT2D eigenvalue weighted by Gasteiger charge is 2.10. The molecule has 0 N–H and O–H groups in total. The summed E-state index contributed by atoms with van der Waals surface area (Å²) in [6.45, 7) is 4.81. The molecule has 4 rings (SSSR count). The Morgan fingerprint density at radius 2 is 1.88 bits per heavy atom. The third-order valence-electron chi connectivity index (χ3n) is 4.30. The van der Waals surface area contributed by atoms with Gasteiger partial charge in [0.05, 0.1) is 19.4 Å². The molecule has 0 aliphatic carbocycles. The number of benzene rings is 1. The molecule has 6 nitrogen and oxygen atoms in total. The molecule has 1 aliphatic rings. The standard InChI is InChI=1S/C17H18ClN5O/c18-17-19-11-15-16(21-17)23(12-20-15)14-3-1-13(2-4-14)5-6-22-7-9-24-10-8-22/h1-4,11-12H,5-10H2. The van der Waals surface area contributed by atoms with E-state index >= 15 is 0 Å². The van der Waals surface area contributed by atoms with Crippen LogP contribution in [0.3, 0.4) is 0 Å². The van der Waals surface area contributed by atoms with E-state index < -0.39 is 0 Å². The van der Waals surface area contributed by atoms with Gasteiger partial charge in [0.2, 0.25) is 5.28 Å². The second-order valence-electron chi connectivity index (χ2n) is 5.83. The number of hydrogen-bond donors (Lipinski definition) is 0. The van der Waals surface area contributed by atoms with Crippen molar-refractivity contribution in [3.8, 4) is 5.69 Å². The van der Waals surface area contributed by atoms with Gasteiger partial charge in [0.25, 0.3) is 0 Å². The molecule has 0 amide bonds. The van der Waals surface area contributed by atoms with Crippen molar-refractivity contribution in [1.82, 2.24) is 24.4 Å². The molecule has 0 radical (unpaired) electrons. The molecule has 1 aromatic carbocycles. The van der Waals surface area contributed by atoms with Crippen molar-refractivity contribution in [1.29, 1.82) is 0 Å². The summed E-state index contributed by atoms with van der Waals surface area (Å²) in [5.41, 5.74) is 3.79. The van der Waals surface area contributed by atoms with Gasteiger partial charge in [-0.3, -0.25) is 9.47 Å². The van der Waals surface area contributed by atoms with Crippen LogP contribution in [0, 0.1) is 0 Å². The van der Waals surface area contributed by atoms with Gasteiger partial charge in [0.1, 0.15) is 11.8 Å². The van der Waals surface area contributed by atoms with E-state index in [2.05, 4.69) is 44.1 Å². The SMILES string of the molecule is Clc1ncc2ncn(-c3ccc(CCN4CCOCC4)cc3)c2n1. The lowest BCUT2D eigenvalue weighted by atomic mass is 10.1. The van der Waals surface area contributed by atoms with Gasteiger partial charge in [-0.15, -0.1) is 0 Å². The summed E-state index contributed by atoms with van der Waals surface area (Å²) in [5, 5.41) is 0.228. The number of rotatable bonds is 4. The van der Waals surface area contributed by atoms with Crippen LogP contribution in [0.1, 0.15) is 5.56 Å². The molecule has 3 aromatic rings. The van der Waals surface area contributed by atoms with Crippen LogP contribution in [0.5, 0.6) is 0 Å². The molecular weight excluding hydrogens is 326 g/mol. The Morgan fingerprint density at radius 1 is 1.08 bits per heavy atom. The largest absolute Gasteiger partial charge is 0.379 e. The summed E-state index contributed by atoms with van der Waals surface area (Å²) in [5.74, 6) is 0. The van der Waals surface area contributed by atoms with Crippen LogP contribution >= 0.6 is 11.6 Å². The van der Waals surface area contributed by atoms with Gasteiger partial charge in [-0.2, -0.15) is 4.98 Å². The summed E-state index contributed by atoms with van der Waals surface area (Å²) >= 11 is 5.90. The van der Waals surface area contributed by atoms with Crippen LogP contribution in [-0.4, -0.2) is 57.3 Å². The molecule has 2 aromatic heterocycles. The van der Waals surface area contributed by atoms with Crippen LogP contribution in [0.15, 0.2) is 36.8 Å². The minimum atomic E-state index is 0.228. The zero-order valence-corrected chi connectivity index (χ0v) is 14.0. The smallest absolute Gasteiger partial charge is 0.224 e. The Labute approximate surface area is 145 Å². The van der Waals surface area contributed by atoms with Crippen molar-refractivity contribution in [3.05, 3.63) is 47.6 Å². The number of fused-ring (bicyclic) bond motifs is 1. The lowest BCUT2D eigenvalue weighted by Crippen LogP contribution is -2.37.